The number of carbonyl (C=O) groups excluding carboxylic acids is 4. The number of fused-ring (bicyclic) bond motifs is 4. The topological polar surface area (TPSA) is 262 Å². The number of H-pyrrole nitrogens is 4. The van der Waals surface area contributed by atoms with Crippen molar-refractivity contribution in [3.63, 3.8) is 0 Å². The van der Waals surface area contributed by atoms with Crippen molar-refractivity contribution >= 4 is 46.5 Å². The highest BCUT2D eigenvalue weighted by molar-refractivity contribution is 6.33. The van der Waals surface area contributed by atoms with Gasteiger partial charge in [0, 0.05) is 38.9 Å². The van der Waals surface area contributed by atoms with Gasteiger partial charge in [0.2, 0.25) is 0 Å². The van der Waals surface area contributed by atoms with Crippen LogP contribution in [0.15, 0.2) is 172 Å². The van der Waals surface area contributed by atoms with E-state index in [1.807, 2.05) is 4.98 Å². The molecule has 47 heteroatoms. The van der Waals surface area contributed by atoms with Crippen molar-refractivity contribution in [3.8, 4) is 68.5 Å². The fraction of sp³-hybridized carbons (Fsp3) is 0.100. The van der Waals surface area contributed by atoms with Gasteiger partial charge in [-0.15, -0.1) is 0 Å². The molecule has 16 nitrogen and oxygen atoms in total. The Kier molecular flexibility index (Phi) is 22.3. The minimum absolute atomic E-state index is 0.0823. The number of aromatic amines is 4. The van der Waals surface area contributed by atoms with Crippen LogP contribution in [0.1, 0.15) is 130 Å². The van der Waals surface area contributed by atoms with Crippen LogP contribution < -0.4 is 0 Å². The van der Waals surface area contributed by atoms with Gasteiger partial charge in [0.25, 0.3) is 23.6 Å². The summed E-state index contributed by atoms with van der Waals surface area (Å²) in [4.78, 5) is 72.5. The standard InChI is InChI=1S/3C20H8F8N2O2.C20H9F7N2O2/c21-11-3-7(1-9(5-11)19(23,24)25)15-13-14(18(32)29-15)16(30-17(13)31)8-2-10(20(26,27)28)6-12(22)4-8;21-13-7(3-1-5-9(13)19(23,24)25)15-11-12(18(32)29-15)16(30-17(11)31)8-4-2-6-10(14(8)22)20(26,27)28;21-9-5-1-3-7(19(23,24)25)11(9)15-13-14(18(32)29-15)16(30-17(13)31)12-8(20(26,27)28)4-2-6-10(12)22;21-14-10(2-1-3-11(14)20(25,26)27)16-13-12(17(30)29-16)15(28-18(13)31)8-4-6-9(7-5-8)19(22,23)24/h3*1-6,29,32H;1-7,28,31H. The van der Waals surface area contributed by atoms with E-state index in [0.717, 1.165) is 72.8 Å². The molecule has 658 valence electrons. The van der Waals surface area contributed by atoms with Crippen molar-refractivity contribution in [1.29, 1.82) is 0 Å². The van der Waals surface area contributed by atoms with Crippen LogP contribution in [0, 0.1) is 40.7 Å². The smallest absolute Gasteiger partial charge is 0.419 e. The second-order valence-corrected chi connectivity index (χ2v) is 26.8. The van der Waals surface area contributed by atoms with Gasteiger partial charge in [-0.2, -0.15) is 105 Å². The van der Waals surface area contributed by atoms with Gasteiger partial charge < -0.3 is 40.4 Å². The van der Waals surface area contributed by atoms with Gasteiger partial charge in [-0.25, -0.2) is 50.7 Å². The SMILES string of the molecule is O=C1N=C(c2c(F)cccc2C(F)(F)F)c2c(O)[nH]c(-c3c(F)cccc3C(F)(F)F)c21.O=C1N=C(c2cc(F)cc(C(F)(F)F)c2)c2c(O)[nH]c(-c3cc(F)cc(C(F)(F)F)c3)c21.O=C1N=C(c2cccc(C(F)(F)F)c2F)c2c(O)[nH]c(-c3ccc(C(F)(F)F)cc3)c21.O=C1N=C(c2cccc(C(F)(F)F)c2F)c2c(O)[nH]c(-c3cccc(C(F)(F)F)c3F)c21. The third-order valence-electron chi connectivity index (χ3n) is 18.9. The molecule has 8 heterocycles. The van der Waals surface area contributed by atoms with E-state index in [1.165, 1.54) is 0 Å². The third kappa shape index (κ3) is 16.8. The Morgan fingerprint density at radius 3 is 0.937 bits per heavy atom. The monoisotopic (exact) mass is 1820 g/mol. The minimum Gasteiger partial charge on any atom is -0.494 e. The van der Waals surface area contributed by atoms with Crippen molar-refractivity contribution < 1.29 is 176 Å². The molecule has 0 radical (unpaired) electrons. The van der Waals surface area contributed by atoms with Gasteiger partial charge in [-0.05, 0) is 115 Å². The first-order valence-electron chi connectivity index (χ1n) is 34.4. The van der Waals surface area contributed by atoms with E-state index in [9.17, 15) is 176 Å². The highest BCUT2D eigenvalue weighted by atomic mass is 19.4. The predicted octanol–water partition coefficient (Wildman–Crippen LogP) is 22.6. The van der Waals surface area contributed by atoms with Crippen molar-refractivity contribution in [1.82, 2.24) is 19.9 Å². The highest BCUT2D eigenvalue weighted by Crippen LogP contribution is 2.50. The van der Waals surface area contributed by atoms with Crippen LogP contribution in [0.3, 0.4) is 0 Å². The first kappa shape index (κ1) is 90.0. The molecule has 0 unspecified atom stereocenters. The molecule has 0 saturated carbocycles. The summed E-state index contributed by atoms with van der Waals surface area (Å²) in [5, 5.41) is 41.0. The summed E-state index contributed by atoms with van der Waals surface area (Å²) < 4.78 is 414. The molecule has 8 aromatic carbocycles. The van der Waals surface area contributed by atoms with Crippen LogP contribution in [0.5, 0.6) is 23.5 Å². The first-order chi connectivity index (χ1) is 58.8. The second-order valence-electron chi connectivity index (χ2n) is 26.8. The van der Waals surface area contributed by atoms with Crippen LogP contribution in [-0.4, -0.2) is 86.8 Å². The third-order valence-corrected chi connectivity index (χ3v) is 18.9. The Labute approximate surface area is 681 Å². The highest BCUT2D eigenvalue weighted by Gasteiger charge is 2.48. The summed E-state index contributed by atoms with van der Waals surface area (Å²) >= 11 is 0. The fourth-order valence-corrected chi connectivity index (χ4v) is 13.6. The largest absolute Gasteiger partial charge is 0.494 e. The number of aromatic nitrogens is 4. The van der Waals surface area contributed by atoms with Gasteiger partial charge in [-0.3, -0.25) is 19.2 Å². The number of hydrogen-bond donors (Lipinski definition) is 8. The van der Waals surface area contributed by atoms with E-state index in [1.54, 1.807) is 0 Å². The Morgan fingerprint density at radius 1 is 0.236 bits per heavy atom. The lowest BCUT2D eigenvalue weighted by Gasteiger charge is -2.13. The number of nitrogens with zero attached hydrogens (tertiary/aromatic N) is 4. The lowest BCUT2D eigenvalue weighted by Crippen LogP contribution is -2.15. The van der Waals surface area contributed by atoms with Gasteiger partial charge >= 0.3 is 49.4 Å². The van der Waals surface area contributed by atoms with E-state index in [2.05, 4.69) is 34.9 Å². The van der Waals surface area contributed by atoms with Gasteiger partial charge in [-0.1, -0.05) is 42.5 Å². The summed E-state index contributed by atoms with van der Waals surface area (Å²) in [5.74, 6) is -18.9. The number of aromatic hydroxyl groups is 4. The van der Waals surface area contributed by atoms with Crippen LogP contribution >= 0.6 is 0 Å². The van der Waals surface area contributed by atoms with Crippen LogP contribution in [0.2, 0.25) is 0 Å². The average Bonchev–Trinajstić information content (AvgIpc) is 1.57. The van der Waals surface area contributed by atoms with E-state index >= 15 is 0 Å². The molecular weight excluding hydrogens is 1790 g/mol. The van der Waals surface area contributed by atoms with Crippen LogP contribution in [-0.2, 0) is 49.4 Å². The number of aliphatic imine (C=N–C) groups is 4. The molecule has 16 rings (SSSR count). The van der Waals surface area contributed by atoms with Gasteiger partial charge in [0.05, 0.1) is 135 Å². The fourth-order valence-electron chi connectivity index (χ4n) is 13.6. The van der Waals surface area contributed by atoms with E-state index in [4.69, 9.17) is 0 Å². The maximum absolute atomic E-state index is 14.6. The lowest BCUT2D eigenvalue weighted by atomic mass is 9.94. The van der Waals surface area contributed by atoms with Gasteiger partial charge in [0.1, 0.15) is 40.7 Å². The minimum atomic E-state index is -5.09. The number of amides is 4. The maximum Gasteiger partial charge on any atom is 0.419 e. The number of carbonyl (C=O) groups is 4. The van der Waals surface area contributed by atoms with Crippen molar-refractivity contribution in [2.75, 3.05) is 0 Å². The predicted molar refractivity (Wildman–Crippen MR) is 377 cm³/mol. The molecule has 4 amide bonds. The molecule has 0 fully saturated rings. The normalized spacial score (nSPS) is 14.0. The zero-order chi connectivity index (χ0) is 93.5. The summed E-state index contributed by atoms with van der Waals surface area (Å²) in [6, 6.07) is 17.0. The summed E-state index contributed by atoms with van der Waals surface area (Å²) in [6.45, 7) is 0. The maximum atomic E-state index is 14.6. The van der Waals surface area contributed by atoms with E-state index < -0.39 is 294 Å². The molecule has 8 N–H and O–H groups in total. The molecule has 0 saturated heterocycles. The molecular formula is C80H33F31N8O8. The molecule has 0 aliphatic carbocycles. The molecule has 0 bridgehead atoms. The number of halogens is 31. The number of alkyl halides is 24. The number of nitrogens with one attached hydrogen (secondary N) is 4. The zero-order valence-electron chi connectivity index (χ0n) is 60.9. The molecule has 0 atom stereocenters. The van der Waals surface area contributed by atoms with Crippen LogP contribution in [0.4, 0.5) is 136 Å². The Bertz CT molecular complexity index is 6740. The first-order valence-corrected chi connectivity index (χ1v) is 34.4. The molecule has 0 spiro atoms. The molecule has 12 aromatic rings. The molecule has 4 aromatic heterocycles. The van der Waals surface area contributed by atoms with Crippen molar-refractivity contribution in [2.45, 2.75) is 49.4 Å². The Morgan fingerprint density at radius 2 is 0.528 bits per heavy atom. The summed E-state index contributed by atoms with van der Waals surface area (Å²) in [7, 11) is 0. The second kappa shape index (κ2) is 31.5. The van der Waals surface area contributed by atoms with Crippen molar-refractivity contribution in [2.24, 2.45) is 20.0 Å². The Balaban J connectivity index is 0.000000145. The summed E-state index contributed by atoms with van der Waals surface area (Å²) in [5.41, 5.74) is -25.9. The molecule has 4 aliphatic rings. The van der Waals surface area contributed by atoms with E-state index in [0.29, 0.717) is 66.7 Å². The summed E-state index contributed by atoms with van der Waals surface area (Å²) in [6.07, 6.45) is -39.7. The van der Waals surface area contributed by atoms with E-state index in [-0.39, 0.29) is 34.5 Å². The average molecular weight is 1820 g/mol. The van der Waals surface area contributed by atoms with Crippen LogP contribution in [0.25, 0.3) is 45.0 Å². The molecule has 4 aliphatic heterocycles. The van der Waals surface area contributed by atoms with Crippen molar-refractivity contribution in [3.05, 3.63) is 304 Å². The zero-order valence-corrected chi connectivity index (χ0v) is 60.9. The van der Waals surface area contributed by atoms with Gasteiger partial charge in [0.15, 0.2) is 23.5 Å². The number of hydrogen-bond acceptors (Lipinski definition) is 8. The lowest BCUT2D eigenvalue weighted by molar-refractivity contribution is -0.140. The Hall–Kier alpha value is -14.7. The number of benzene rings is 8. The quantitative estimate of drug-likeness (QED) is 0.0677. The molecule has 127 heavy (non-hydrogen) atoms. The number of rotatable bonds is 8.